The number of benzene rings is 1. The molecule has 2 fully saturated rings. The predicted molar refractivity (Wildman–Crippen MR) is 108 cm³/mol. The van der Waals surface area contributed by atoms with Gasteiger partial charge in [0.2, 0.25) is 0 Å². The van der Waals surface area contributed by atoms with Crippen LogP contribution in [0.15, 0.2) is 30.5 Å². The molecular formula is C22H25FN4O3. The minimum Gasteiger partial charge on any atom is -0.378 e. The second-order valence-electron chi connectivity index (χ2n) is 7.71. The molecule has 0 radical (unpaired) electrons. The fourth-order valence-electron chi connectivity index (χ4n) is 3.94. The molecule has 1 aromatic carbocycles. The number of likely N-dealkylation sites (tertiary alicyclic amines) is 1. The fraction of sp³-hybridized carbons (Fsp3) is 0.455. The molecule has 30 heavy (non-hydrogen) atoms. The molecule has 0 bridgehead atoms. The van der Waals surface area contributed by atoms with Gasteiger partial charge in [-0.15, -0.1) is 0 Å². The highest BCUT2D eigenvalue weighted by molar-refractivity contribution is 5.95. The van der Waals surface area contributed by atoms with Crippen LogP contribution in [0.1, 0.15) is 51.0 Å². The summed E-state index contributed by atoms with van der Waals surface area (Å²) in [6.07, 6.45) is 3.14. The normalized spacial score (nSPS) is 17.8. The molecule has 2 saturated heterocycles. The molecule has 0 aliphatic carbocycles. The number of nitrogens with zero attached hydrogens (tertiary/aromatic N) is 4. The van der Waals surface area contributed by atoms with Crippen LogP contribution >= 0.6 is 0 Å². The van der Waals surface area contributed by atoms with Crippen molar-refractivity contribution in [3.8, 4) is 0 Å². The van der Waals surface area contributed by atoms with Crippen molar-refractivity contribution in [3.05, 3.63) is 58.9 Å². The Bertz CT molecular complexity index is 920. The zero-order chi connectivity index (χ0) is 21.1. The summed E-state index contributed by atoms with van der Waals surface area (Å²) in [6.45, 7) is 5.31. The quantitative estimate of drug-likeness (QED) is 0.774. The first-order valence-corrected chi connectivity index (χ1v) is 10.3. The van der Waals surface area contributed by atoms with Crippen LogP contribution in [-0.4, -0.2) is 71.0 Å². The topological polar surface area (TPSA) is 75.6 Å². The zero-order valence-corrected chi connectivity index (χ0v) is 17.0. The van der Waals surface area contributed by atoms with Crippen molar-refractivity contribution in [1.29, 1.82) is 0 Å². The smallest absolute Gasteiger partial charge is 0.257 e. The number of morpholine rings is 1. The van der Waals surface area contributed by atoms with Crippen LogP contribution in [-0.2, 0) is 4.74 Å². The molecule has 0 saturated carbocycles. The van der Waals surface area contributed by atoms with E-state index >= 15 is 0 Å². The number of hydrogen-bond acceptors (Lipinski definition) is 5. The minimum atomic E-state index is -0.353. The monoisotopic (exact) mass is 412 g/mol. The van der Waals surface area contributed by atoms with Crippen LogP contribution in [0.25, 0.3) is 0 Å². The summed E-state index contributed by atoms with van der Waals surface area (Å²) < 4.78 is 18.4. The van der Waals surface area contributed by atoms with Crippen LogP contribution < -0.4 is 0 Å². The first-order chi connectivity index (χ1) is 14.5. The van der Waals surface area contributed by atoms with Gasteiger partial charge in [-0.05, 0) is 44.0 Å². The lowest BCUT2D eigenvalue weighted by atomic mass is 9.95. The molecular weight excluding hydrogens is 387 g/mol. The van der Waals surface area contributed by atoms with E-state index in [0.29, 0.717) is 56.2 Å². The lowest BCUT2D eigenvalue weighted by Crippen LogP contribution is -2.41. The summed E-state index contributed by atoms with van der Waals surface area (Å²) in [4.78, 5) is 38.0. The van der Waals surface area contributed by atoms with Crippen LogP contribution in [0, 0.1) is 12.7 Å². The second kappa shape index (κ2) is 8.87. The number of aromatic nitrogens is 2. The van der Waals surface area contributed by atoms with Crippen LogP contribution in [0.5, 0.6) is 0 Å². The van der Waals surface area contributed by atoms with E-state index in [2.05, 4.69) is 9.97 Å². The SMILES string of the molecule is Cc1nc(C2CCN(C(=O)c3ccc(F)cc3)CC2)ncc1C(=O)N1CCOCC1. The molecule has 2 aliphatic rings. The maximum atomic E-state index is 13.1. The second-order valence-corrected chi connectivity index (χ2v) is 7.71. The van der Waals surface area contributed by atoms with Crippen molar-refractivity contribution >= 4 is 11.8 Å². The third kappa shape index (κ3) is 4.33. The number of piperidine rings is 1. The van der Waals surface area contributed by atoms with Gasteiger partial charge in [-0.1, -0.05) is 0 Å². The van der Waals surface area contributed by atoms with Gasteiger partial charge in [-0.3, -0.25) is 9.59 Å². The number of carbonyl (C=O) groups is 2. The Labute approximate surface area is 174 Å². The molecule has 2 aliphatic heterocycles. The molecule has 1 aromatic heterocycles. The lowest BCUT2D eigenvalue weighted by Gasteiger charge is -2.31. The van der Waals surface area contributed by atoms with Gasteiger partial charge >= 0.3 is 0 Å². The molecule has 0 spiro atoms. The number of ether oxygens (including phenoxy) is 1. The van der Waals surface area contributed by atoms with Gasteiger partial charge < -0.3 is 14.5 Å². The molecule has 2 amide bonds. The average Bonchev–Trinajstić information content (AvgIpc) is 2.79. The molecule has 0 N–H and O–H groups in total. The first kappa shape index (κ1) is 20.4. The Hall–Kier alpha value is -2.87. The van der Waals surface area contributed by atoms with E-state index in [0.717, 1.165) is 18.7 Å². The molecule has 8 heteroatoms. The summed E-state index contributed by atoms with van der Waals surface area (Å²) >= 11 is 0. The van der Waals surface area contributed by atoms with E-state index in [9.17, 15) is 14.0 Å². The number of amides is 2. The van der Waals surface area contributed by atoms with Gasteiger partial charge in [-0.25, -0.2) is 14.4 Å². The Kier molecular flexibility index (Phi) is 6.03. The highest BCUT2D eigenvalue weighted by Gasteiger charge is 2.27. The minimum absolute atomic E-state index is 0.0536. The largest absolute Gasteiger partial charge is 0.378 e. The summed E-state index contributed by atoms with van der Waals surface area (Å²) in [5.74, 6) is 0.376. The standard InChI is InChI=1S/C22H25FN4O3/c1-15-19(22(29)27-10-12-30-13-11-27)14-24-20(25-15)16-6-8-26(9-7-16)21(28)17-2-4-18(23)5-3-17/h2-5,14,16H,6-13H2,1H3. The number of rotatable bonds is 3. The maximum absolute atomic E-state index is 13.1. The molecule has 0 atom stereocenters. The van der Waals surface area contributed by atoms with Gasteiger partial charge in [-0.2, -0.15) is 0 Å². The van der Waals surface area contributed by atoms with E-state index in [-0.39, 0.29) is 23.5 Å². The number of halogens is 1. The van der Waals surface area contributed by atoms with Crippen molar-refractivity contribution in [1.82, 2.24) is 19.8 Å². The van der Waals surface area contributed by atoms with Gasteiger partial charge in [0.1, 0.15) is 11.6 Å². The molecule has 2 aromatic rings. The van der Waals surface area contributed by atoms with Crippen LogP contribution in [0.2, 0.25) is 0 Å². The fourth-order valence-corrected chi connectivity index (χ4v) is 3.94. The van der Waals surface area contributed by atoms with Gasteiger partial charge in [0.05, 0.1) is 24.5 Å². The Morgan fingerprint density at radius 3 is 2.27 bits per heavy atom. The highest BCUT2D eigenvalue weighted by Crippen LogP contribution is 2.27. The van der Waals surface area contributed by atoms with E-state index in [4.69, 9.17) is 4.74 Å². The molecule has 4 rings (SSSR count). The molecule has 7 nitrogen and oxygen atoms in total. The lowest BCUT2D eigenvalue weighted by molar-refractivity contribution is 0.0301. The van der Waals surface area contributed by atoms with Crippen molar-refractivity contribution < 1.29 is 18.7 Å². The van der Waals surface area contributed by atoms with E-state index in [1.54, 1.807) is 16.0 Å². The summed E-state index contributed by atoms with van der Waals surface area (Å²) in [5.41, 5.74) is 1.71. The number of carbonyl (C=O) groups excluding carboxylic acids is 2. The zero-order valence-electron chi connectivity index (χ0n) is 17.0. The Morgan fingerprint density at radius 1 is 1.00 bits per heavy atom. The van der Waals surface area contributed by atoms with Crippen LogP contribution in [0.4, 0.5) is 4.39 Å². The summed E-state index contributed by atoms with van der Waals surface area (Å²) in [6, 6.07) is 5.63. The van der Waals surface area contributed by atoms with Crippen molar-refractivity contribution in [2.75, 3.05) is 39.4 Å². The number of aryl methyl sites for hydroxylation is 1. The Morgan fingerprint density at radius 2 is 1.63 bits per heavy atom. The average molecular weight is 412 g/mol. The van der Waals surface area contributed by atoms with Crippen LogP contribution in [0.3, 0.4) is 0 Å². The van der Waals surface area contributed by atoms with Crippen molar-refractivity contribution in [2.24, 2.45) is 0 Å². The molecule has 3 heterocycles. The van der Waals surface area contributed by atoms with Crippen molar-refractivity contribution in [3.63, 3.8) is 0 Å². The third-order valence-electron chi connectivity index (χ3n) is 5.77. The Balaban J connectivity index is 1.38. The van der Waals surface area contributed by atoms with E-state index in [1.807, 2.05) is 6.92 Å². The maximum Gasteiger partial charge on any atom is 0.257 e. The van der Waals surface area contributed by atoms with E-state index < -0.39 is 0 Å². The number of hydrogen-bond donors (Lipinski definition) is 0. The summed E-state index contributed by atoms with van der Waals surface area (Å²) in [5, 5.41) is 0. The van der Waals surface area contributed by atoms with Gasteiger partial charge in [0.25, 0.3) is 11.8 Å². The molecule has 158 valence electrons. The van der Waals surface area contributed by atoms with E-state index in [1.165, 1.54) is 24.3 Å². The third-order valence-corrected chi connectivity index (χ3v) is 5.77. The molecule has 0 unspecified atom stereocenters. The predicted octanol–water partition coefficient (Wildman–Crippen LogP) is 2.42. The van der Waals surface area contributed by atoms with Crippen molar-refractivity contribution in [2.45, 2.75) is 25.7 Å². The highest BCUT2D eigenvalue weighted by atomic mass is 19.1. The first-order valence-electron chi connectivity index (χ1n) is 10.3. The van der Waals surface area contributed by atoms with Gasteiger partial charge in [0, 0.05) is 43.9 Å². The summed E-state index contributed by atoms with van der Waals surface area (Å²) in [7, 11) is 0. The van der Waals surface area contributed by atoms with Gasteiger partial charge in [0.15, 0.2) is 0 Å².